The summed E-state index contributed by atoms with van der Waals surface area (Å²) < 4.78 is 4.93. The molecule has 0 aliphatic heterocycles. The van der Waals surface area contributed by atoms with Crippen LogP contribution in [0.1, 0.15) is 0 Å². The number of hydrogen-bond acceptors (Lipinski definition) is 5. The van der Waals surface area contributed by atoms with E-state index in [1.165, 1.54) is 6.33 Å². The number of ether oxygens (including phenoxy) is 1. The third-order valence-corrected chi connectivity index (χ3v) is 2.35. The molecule has 0 saturated carbocycles. The van der Waals surface area contributed by atoms with Gasteiger partial charge in [-0.15, -0.1) is 0 Å². The molecule has 7 heteroatoms. The first-order valence-corrected chi connectivity index (χ1v) is 5.16. The van der Waals surface area contributed by atoms with Crippen molar-refractivity contribution in [1.29, 1.82) is 0 Å². The molecular formula is C9H14ClN3O3. The summed E-state index contributed by atoms with van der Waals surface area (Å²) in [6, 6.07) is 0. The van der Waals surface area contributed by atoms with E-state index in [1.807, 2.05) is 0 Å². The summed E-state index contributed by atoms with van der Waals surface area (Å²) in [6.45, 7) is 1.27. The van der Waals surface area contributed by atoms with Gasteiger partial charge in [0.25, 0.3) is 5.56 Å². The van der Waals surface area contributed by atoms with Crippen molar-refractivity contribution < 1.29 is 9.84 Å². The fourth-order valence-electron chi connectivity index (χ4n) is 1.24. The quantitative estimate of drug-likeness (QED) is 0.732. The maximum Gasteiger partial charge on any atom is 0.271 e. The minimum Gasteiger partial charge on any atom is -0.395 e. The van der Waals surface area contributed by atoms with Gasteiger partial charge in [0.1, 0.15) is 5.02 Å². The molecule has 90 valence electrons. The van der Waals surface area contributed by atoms with Crippen molar-refractivity contribution in [3.05, 3.63) is 21.7 Å². The number of aromatic nitrogens is 2. The molecule has 1 heterocycles. The van der Waals surface area contributed by atoms with Gasteiger partial charge in [-0.3, -0.25) is 4.79 Å². The second-order valence-electron chi connectivity index (χ2n) is 3.07. The number of hydrogen-bond donors (Lipinski definition) is 2. The fourth-order valence-corrected chi connectivity index (χ4v) is 1.46. The highest BCUT2D eigenvalue weighted by Crippen LogP contribution is 2.17. The first-order valence-electron chi connectivity index (χ1n) is 4.78. The van der Waals surface area contributed by atoms with E-state index in [0.717, 1.165) is 0 Å². The average molecular weight is 248 g/mol. The molecule has 0 aliphatic carbocycles. The molecule has 0 bridgehead atoms. The molecule has 0 aromatic carbocycles. The lowest BCUT2D eigenvalue weighted by Crippen LogP contribution is -2.32. The van der Waals surface area contributed by atoms with E-state index in [-0.39, 0.29) is 11.6 Å². The third kappa shape index (κ3) is 3.19. The van der Waals surface area contributed by atoms with E-state index >= 15 is 0 Å². The SMILES string of the molecule is COCCN(CCO)c1nc[nH]c(=O)c1Cl. The second kappa shape index (κ2) is 6.47. The highest BCUT2D eigenvalue weighted by atomic mass is 35.5. The predicted molar refractivity (Wildman–Crippen MR) is 61.0 cm³/mol. The molecule has 0 unspecified atom stereocenters. The Morgan fingerprint density at radius 3 is 3.00 bits per heavy atom. The first-order chi connectivity index (χ1) is 7.70. The summed E-state index contributed by atoms with van der Waals surface area (Å²) in [5.74, 6) is 0.358. The molecule has 0 spiro atoms. The van der Waals surface area contributed by atoms with Gasteiger partial charge in [-0.05, 0) is 0 Å². The maximum absolute atomic E-state index is 11.3. The van der Waals surface area contributed by atoms with Crippen molar-refractivity contribution in [2.75, 3.05) is 38.3 Å². The number of nitrogens with zero attached hydrogens (tertiary/aromatic N) is 2. The zero-order valence-electron chi connectivity index (χ0n) is 8.94. The Morgan fingerprint density at radius 1 is 1.62 bits per heavy atom. The minimum absolute atomic E-state index is 0.0204. The molecule has 6 nitrogen and oxygen atoms in total. The van der Waals surface area contributed by atoms with Gasteiger partial charge >= 0.3 is 0 Å². The number of methoxy groups -OCH3 is 1. The minimum atomic E-state index is -0.396. The average Bonchev–Trinajstić information content (AvgIpc) is 2.28. The Balaban J connectivity index is 2.91. The summed E-state index contributed by atoms with van der Waals surface area (Å²) in [5.41, 5.74) is -0.396. The molecule has 2 N–H and O–H groups in total. The summed E-state index contributed by atoms with van der Waals surface area (Å²) in [6.07, 6.45) is 1.28. The van der Waals surface area contributed by atoms with Crippen LogP contribution < -0.4 is 10.5 Å². The third-order valence-electron chi connectivity index (χ3n) is 2.01. The van der Waals surface area contributed by atoms with Crippen LogP contribution in [0.5, 0.6) is 0 Å². The van der Waals surface area contributed by atoms with Gasteiger partial charge < -0.3 is 19.7 Å². The summed E-state index contributed by atoms with van der Waals surface area (Å²) in [7, 11) is 1.57. The van der Waals surface area contributed by atoms with Crippen LogP contribution in [0.3, 0.4) is 0 Å². The Bertz CT molecular complexity index is 383. The number of aliphatic hydroxyl groups is 1. The summed E-state index contributed by atoms with van der Waals surface area (Å²) in [5, 5.41) is 8.94. The molecule has 0 fully saturated rings. The van der Waals surface area contributed by atoms with Crippen LogP contribution in [0.15, 0.2) is 11.1 Å². The molecule has 0 saturated heterocycles. The lowest BCUT2D eigenvalue weighted by molar-refractivity contribution is 0.202. The Hall–Kier alpha value is -1.11. The van der Waals surface area contributed by atoms with Crippen LogP contribution in [0, 0.1) is 0 Å². The number of aromatic amines is 1. The normalized spacial score (nSPS) is 10.4. The van der Waals surface area contributed by atoms with Crippen molar-refractivity contribution in [2.24, 2.45) is 0 Å². The van der Waals surface area contributed by atoms with Gasteiger partial charge in [0.2, 0.25) is 0 Å². The standard InChI is InChI=1S/C9H14ClN3O3/c1-16-5-3-13(2-4-14)8-7(10)9(15)12-6-11-8/h6,14H,2-5H2,1H3,(H,11,12,15). The van der Waals surface area contributed by atoms with Gasteiger partial charge in [0.05, 0.1) is 19.5 Å². The van der Waals surface area contributed by atoms with Crippen LogP contribution in [0.25, 0.3) is 0 Å². The van der Waals surface area contributed by atoms with Gasteiger partial charge in [0.15, 0.2) is 5.82 Å². The number of H-pyrrole nitrogens is 1. The molecule has 1 aromatic heterocycles. The predicted octanol–water partition coefficient (Wildman–Crippen LogP) is -0.132. The fraction of sp³-hybridized carbons (Fsp3) is 0.556. The second-order valence-corrected chi connectivity index (χ2v) is 3.45. The summed E-state index contributed by atoms with van der Waals surface area (Å²) >= 11 is 5.83. The van der Waals surface area contributed by atoms with Crippen LogP contribution in [-0.2, 0) is 4.74 Å². The Labute approximate surface area is 97.8 Å². The van der Waals surface area contributed by atoms with Crippen molar-refractivity contribution >= 4 is 17.4 Å². The van der Waals surface area contributed by atoms with E-state index in [9.17, 15) is 4.79 Å². The number of anilines is 1. The molecule has 0 amide bonds. The number of halogens is 1. The van der Waals surface area contributed by atoms with Crippen molar-refractivity contribution in [1.82, 2.24) is 9.97 Å². The smallest absolute Gasteiger partial charge is 0.271 e. The molecule has 1 rings (SSSR count). The van der Waals surface area contributed by atoms with Gasteiger partial charge in [-0.25, -0.2) is 4.98 Å². The number of nitrogens with one attached hydrogen (secondary N) is 1. The van der Waals surface area contributed by atoms with Crippen molar-refractivity contribution in [3.8, 4) is 0 Å². The zero-order valence-corrected chi connectivity index (χ0v) is 9.70. The Morgan fingerprint density at radius 2 is 2.38 bits per heavy atom. The monoisotopic (exact) mass is 247 g/mol. The van der Waals surface area contributed by atoms with E-state index in [2.05, 4.69) is 9.97 Å². The highest BCUT2D eigenvalue weighted by Gasteiger charge is 2.13. The molecular weight excluding hydrogens is 234 g/mol. The van der Waals surface area contributed by atoms with Crippen LogP contribution >= 0.6 is 11.6 Å². The van der Waals surface area contributed by atoms with Crippen molar-refractivity contribution in [3.63, 3.8) is 0 Å². The van der Waals surface area contributed by atoms with Crippen LogP contribution in [-0.4, -0.2) is 48.5 Å². The van der Waals surface area contributed by atoms with E-state index < -0.39 is 5.56 Å². The van der Waals surface area contributed by atoms with E-state index in [4.69, 9.17) is 21.4 Å². The number of aliphatic hydroxyl groups excluding tert-OH is 1. The number of rotatable bonds is 6. The zero-order chi connectivity index (χ0) is 12.0. The molecule has 16 heavy (non-hydrogen) atoms. The van der Waals surface area contributed by atoms with Gasteiger partial charge in [0, 0.05) is 20.2 Å². The van der Waals surface area contributed by atoms with Crippen LogP contribution in [0.2, 0.25) is 5.02 Å². The lowest BCUT2D eigenvalue weighted by atomic mass is 10.4. The maximum atomic E-state index is 11.3. The van der Waals surface area contributed by atoms with Gasteiger partial charge in [-0.1, -0.05) is 11.6 Å². The Kier molecular flexibility index (Phi) is 5.24. The van der Waals surface area contributed by atoms with Gasteiger partial charge in [-0.2, -0.15) is 0 Å². The van der Waals surface area contributed by atoms with Crippen molar-refractivity contribution in [2.45, 2.75) is 0 Å². The van der Waals surface area contributed by atoms with Crippen LogP contribution in [0.4, 0.5) is 5.82 Å². The molecule has 0 aliphatic rings. The topological polar surface area (TPSA) is 78.5 Å². The molecule has 0 radical (unpaired) electrons. The largest absolute Gasteiger partial charge is 0.395 e. The lowest BCUT2D eigenvalue weighted by Gasteiger charge is -2.22. The molecule has 1 aromatic rings. The van der Waals surface area contributed by atoms with E-state index in [0.29, 0.717) is 25.5 Å². The first kappa shape index (κ1) is 13.0. The van der Waals surface area contributed by atoms with E-state index in [1.54, 1.807) is 12.0 Å². The molecule has 0 atom stereocenters. The highest BCUT2D eigenvalue weighted by molar-refractivity contribution is 6.32. The summed E-state index contributed by atoms with van der Waals surface area (Å²) in [4.78, 5) is 19.3.